The van der Waals surface area contributed by atoms with Crippen LogP contribution in [0.5, 0.6) is 0 Å². The monoisotopic (exact) mass is 288 g/mol. The van der Waals surface area contributed by atoms with Gasteiger partial charge in [0.05, 0.1) is 0 Å². The van der Waals surface area contributed by atoms with Crippen molar-refractivity contribution < 1.29 is 9.90 Å². The van der Waals surface area contributed by atoms with Crippen LogP contribution in [-0.2, 0) is 4.79 Å². The molecule has 0 saturated carbocycles. The molecule has 0 bridgehead atoms. The summed E-state index contributed by atoms with van der Waals surface area (Å²) in [6.07, 6.45) is 11.8. The Kier molecular flexibility index (Phi) is 19.9. The van der Waals surface area contributed by atoms with E-state index in [1.807, 2.05) is 6.92 Å². The Bertz CT molecular complexity index is 197. The van der Waals surface area contributed by atoms with Crippen molar-refractivity contribution in [3.8, 4) is 0 Å². The van der Waals surface area contributed by atoms with E-state index in [0.717, 1.165) is 19.4 Å². The highest BCUT2D eigenvalue weighted by atomic mass is 16.3. The highest BCUT2D eigenvalue weighted by Crippen LogP contribution is 2.10. The number of nitrogens with one attached hydrogen (secondary N) is 1. The largest absolute Gasteiger partial charge is 0.379 e. The van der Waals surface area contributed by atoms with Gasteiger partial charge in [0.25, 0.3) is 0 Å². The first kappa shape index (κ1) is 21.7. The molecule has 1 atom stereocenters. The highest BCUT2D eigenvalue weighted by Gasteiger charge is 1.94. The minimum atomic E-state index is -0.352. The number of unbranched alkanes of at least 4 members (excludes halogenated alkanes) is 8. The van der Waals surface area contributed by atoms with Gasteiger partial charge in [-0.1, -0.05) is 65.2 Å². The molecule has 4 heteroatoms. The second-order valence-corrected chi connectivity index (χ2v) is 5.28. The van der Waals surface area contributed by atoms with Crippen LogP contribution in [0.2, 0.25) is 0 Å². The molecule has 0 aromatic heterocycles. The lowest BCUT2D eigenvalue weighted by molar-refractivity contribution is -0.118. The second kappa shape index (κ2) is 18.4. The summed E-state index contributed by atoms with van der Waals surface area (Å²) in [7, 11) is 0. The van der Waals surface area contributed by atoms with Crippen LogP contribution < -0.4 is 11.1 Å². The maximum absolute atomic E-state index is 10.4. The first-order valence-corrected chi connectivity index (χ1v) is 8.24. The van der Waals surface area contributed by atoms with E-state index in [4.69, 9.17) is 10.8 Å². The maximum atomic E-state index is 10.4. The van der Waals surface area contributed by atoms with Crippen LogP contribution in [0.4, 0.5) is 0 Å². The summed E-state index contributed by atoms with van der Waals surface area (Å²) in [5.74, 6) is -0.159. The Morgan fingerprint density at radius 3 is 1.75 bits per heavy atom. The van der Waals surface area contributed by atoms with Crippen LogP contribution in [-0.4, -0.2) is 23.8 Å². The molecule has 0 radical (unpaired) electrons. The molecule has 0 spiro atoms. The molecule has 0 saturated heterocycles. The third-order valence-corrected chi connectivity index (χ3v) is 3.03. The molecule has 0 aliphatic rings. The van der Waals surface area contributed by atoms with Crippen molar-refractivity contribution in [2.45, 2.75) is 91.2 Å². The minimum absolute atomic E-state index is 0.159. The number of nitrogens with two attached hydrogens (primary N) is 1. The van der Waals surface area contributed by atoms with E-state index in [9.17, 15) is 4.79 Å². The van der Waals surface area contributed by atoms with Crippen molar-refractivity contribution >= 4 is 5.91 Å². The maximum Gasteiger partial charge on any atom is 0.217 e. The fraction of sp³-hybridized carbons (Fsp3) is 0.938. The van der Waals surface area contributed by atoms with Crippen molar-refractivity contribution in [3.05, 3.63) is 0 Å². The zero-order chi connectivity index (χ0) is 15.6. The van der Waals surface area contributed by atoms with Gasteiger partial charge in [0, 0.05) is 6.42 Å². The van der Waals surface area contributed by atoms with Crippen LogP contribution in [0.25, 0.3) is 0 Å². The lowest BCUT2D eigenvalue weighted by atomic mass is 10.1. The zero-order valence-corrected chi connectivity index (χ0v) is 13.8. The number of aliphatic hydroxyl groups is 1. The summed E-state index contributed by atoms with van der Waals surface area (Å²) in [5, 5.41) is 11.2. The van der Waals surface area contributed by atoms with Crippen molar-refractivity contribution in [1.29, 1.82) is 0 Å². The molecule has 0 aromatic rings. The average Bonchev–Trinajstić information content (AvgIpc) is 2.37. The fourth-order valence-electron chi connectivity index (χ4n) is 1.91. The Labute approximate surface area is 125 Å². The van der Waals surface area contributed by atoms with Crippen molar-refractivity contribution in [2.24, 2.45) is 5.73 Å². The van der Waals surface area contributed by atoms with E-state index >= 15 is 0 Å². The van der Waals surface area contributed by atoms with Gasteiger partial charge in [-0.15, -0.1) is 0 Å². The van der Waals surface area contributed by atoms with E-state index in [1.54, 1.807) is 6.92 Å². The normalized spacial score (nSPS) is 11.6. The number of carbonyl (C=O) groups excluding carboxylic acids is 1. The van der Waals surface area contributed by atoms with E-state index in [2.05, 4.69) is 12.2 Å². The van der Waals surface area contributed by atoms with Crippen molar-refractivity contribution in [3.63, 3.8) is 0 Å². The molecule has 0 aliphatic carbocycles. The number of aliphatic hydroxyl groups excluding tert-OH is 1. The summed E-state index contributed by atoms with van der Waals surface area (Å²) < 4.78 is 0. The molecule has 0 aromatic carbocycles. The van der Waals surface area contributed by atoms with Crippen LogP contribution in [0, 0.1) is 0 Å². The summed E-state index contributed by atoms with van der Waals surface area (Å²) in [5.41, 5.74) is 5.05. The van der Waals surface area contributed by atoms with Crippen LogP contribution in [0.1, 0.15) is 85.0 Å². The molecular weight excluding hydrogens is 252 g/mol. The van der Waals surface area contributed by atoms with E-state index < -0.39 is 0 Å². The van der Waals surface area contributed by atoms with Gasteiger partial charge >= 0.3 is 0 Å². The predicted molar refractivity (Wildman–Crippen MR) is 86.4 cm³/mol. The molecule has 1 unspecified atom stereocenters. The SMILES string of the molecule is CCCCCCCCCCCC(N)=O.CCNC(C)O. The van der Waals surface area contributed by atoms with Gasteiger partial charge in [-0.2, -0.15) is 0 Å². The molecule has 0 heterocycles. The third kappa shape index (κ3) is 26.1. The highest BCUT2D eigenvalue weighted by molar-refractivity contribution is 5.73. The number of carbonyl (C=O) groups is 1. The summed E-state index contributed by atoms with van der Waals surface area (Å²) >= 11 is 0. The molecule has 0 rings (SSSR count). The van der Waals surface area contributed by atoms with Crippen LogP contribution >= 0.6 is 0 Å². The third-order valence-electron chi connectivity index (χ3n) is 3.03. The fourth-order valence-corrected chi connectivity index (χ4v) is 1.91. The Balaban J connectivity index is 0. The lowest BCUT2D eigenvalue weighted by Crippen LogP contribution is -2.24. The average molecular weight is 288 g/mol. The molecule has 4 N–H and O–H groups in total. The van der Waals surface area contributed by atoms with Gasteiger partial charge < -0.3 is 10.8 Å². The molecule has 0 aliphatic heterocycles. The van der Waals surface area contributed by atoms with E-state index in [-0.39, 0.29) is 12.1 Å². The van der Waals surface area contributed by atoms with Gasteiger partial charge in [0.1, 0.15) is 6.23 Å². The predicted octanol–water partition coefficient (Wildman–Crippen LogP) is 3.33. The van der Waals surface area contributed by atoms with Gasteiger partial charge in [-0.25, -0.2) is 0 Å². The molecule has 122 valence electrons. The quantitative estimate of drug-likeness (QED) is 0.381. The lowest BCUT2D eigenvalue weighted by Gasteiger charge is -2.00. The van der Waals surface area contributed by atoms with Crippen LogP contribution in [0.3, 0.4) is 0 Å². The first-order chi connectivity index (χ1) is 9.54. The molecule has 4 nitrogen and oxygen atoms in total. The number of hydrogen-bond acceptors (Lipinski definition) is 3. The zero-order valence-electron chi connectivity index (χ0n) is 13.8. The number of hydrogen-bond donors (Lipinski definition) is 3. The topological polar surface area (TPSA) is 75.4 Å². The molecular formula is C16H36N2O2. The van der Waals surface area contributed by atoms with Crippen molar-refractivity contribution in [1.82, 2.24) is 5.32 Å². The standard InChI is InChI=1S/C12H25NO.C4H11NO/c1-2-3-4-5-6-7-8-9-10-11-12(13)14;1-3-5-4(2)6/h2-11H2,1H3,(H2,13,14);4-6H,3H2,1-2H3. The second-order valence-electron chi connectivity index (χ2n) is 5.28. The number of amides is 1. The first-order valence-electron chi connectivity index (χ1n) is 8.24. The molecule has 1 amide bonds. The van der Waals surface area contributed by atoms with E-state index in [1.165, 1.54) is 44.9 Å². The van der Waals surface area contributed by atoms with Gasteiger partial charge in [0.2, 0.25) is 5.91 Å². The summed E-state index contributed by atoms with van der Waals surface area (Å²) in [4.78, 5) is 10.4. The van der Waals surface area contributed by atoms with Gasteiger partial charge in [-0.3, -0.25) is 10.1 Å². The van der Waals surface area contributed by atoms with Crippen molar-refractivity contribution in [2.75, 3.05) is 6.54 Å². The Morgan fingerprint density at radius 2 is 1.45 bits per heavy atom. The smallest absolute Gasteiger partial charge is 0.217 e. The summed E-state index contributed by atoms with van der Waals surface area (Å²) in [6, 6.07) is 0. The summed E-state index contributed by atoms with van der Waals surface area (Å²) in [6.45, 7) is 6.72. The minimum Gasteiger partial charge on any atom is -0.379 e. The molecule has 0 fully saturated rings. The van der Waals surface area contributed by atoms with E-state index in [0.29, 0.717) is 6.42 Å². The van der Waals surface area contributed by atoms with Gasteiger partial charge in [-0.05, 0) is 19.9 Å². The molecule has 20 heavy (non-hydrogen) atoms. The number of rotatable bonds is 12. The Hall–Kier alpha value is -0.610. The number of primary amides is 1. The van der Waals surface area contributed by atoms with Gasteiger partial charge in [0.15, 0.2) is 0 Å². The Morgan fingerprint density at radius 1 is 1.00 bits per heavy atom. The van der Waals surface area contributed by atoms with Crippen LogP contribution in [0.15, 0.2) is 0 Å².